The van der Waals surface area contributed by atoms with Crippen LogP contribution in [0, 0.1) is 0 Å². The lowest BCUT2D eigenvalue weighted by Crippen LogP contribution is -2.40. The van der Waals surface area contributed by atoms with Crippen LogP contribution in [0.1, 0.15) is 38.3 Å². The highest BCUT2D eigenvalue weighted by Crippen LogP contribution is 2.17. The summed E-state index contributed by atoms with van der Waals surface area (Å²) in [6.07, 6.45) is 3.44. The van der Waals surface area contributed by atoms with Crippen LogP contribution in [-0.2, 0) is 6.54 Å². The summed E-state index contributed by atoms with van der Waals surface area (Å²) in [7, 11) is 0. The standard InChI is InChI=1S/C13H17ClN4O2/c1-8(2)10-11(14)16-13(20)18(12(10)19)9(3)7-17-6-4-5-15-17/h4-6,8-9H,7H2,1-3H3,(H,16,20). The normalized spacial score (nSPS) is 12.8. The molecule has 0 bridgehead atoms. The van der Waals surface area contributed by atoms with Crippen molar-refractivity contribution in [3.05, 3.63) is 50.0 Å². The van der Waals surface area contributed by atoms with Crippen molar-refractivity contribution in [3.8, 4) is 0 Å². The predicted octanol–water partition coefficient (Wildman–Crippen LogP) is 1.77. The molecule has 0 saturated heterocycles. The summed E-state index contributed by atoms with van der Waals surface area (Å²) in [5, 5.41) is 4.20. The second-order valence-electron chi connectivity index (χ2n) is 5.06. The van der Waals surface area contributed by atoms with Gasteiger partial charge in [-0.05, 0) is 18.9 Å². The minimum atomic E-state index is -0.496. The molecule has 0 saturated carbocycles. The van der Waals surface area contributed by atoms with Crippen molar-refractivity contribution in [2.45, 2.75) is 39.3 Å². The van der Waals surface area contributed by atoms with Gasteiger partial charge in [0.15, 0.2) is 0 Å². The van der Waals surface area contributed by atoms with Gasteiger partial charge in [-0.1, -0.05) is 25.4 Å². The highest BCUT2D eigenvalue weighted by Gasteiger charge is 2.19. The molecule has 0 fully saturated rings. The lowest BCUT2D eigenvalue weighted by Gasteiger charge is -2.17. The molecule has 2 heterocycles. The highest BCUT2D eigenvalue weighted by atomic mass is 35.5. The van der Waals surface area contributed by atoms with E-state index >= 15 is 0 Å². The molecule has 2 aromatic rings. The van der Waals surface area contributed by atoms with E-state index in [-0.39, 0.29) is 22.7 Å². The number of aromatic nitrogens is 4. The van der Waals surface area contributed by atoms with Gasteiger partial charge in [0.05, 0.1) is 18.2 Å². The molecule has 108 valence electrons. The van der Waals surface area contributed by atoms with Gasteiger partial charge < -0.3 is 0 Å². The van der Waals surface area contributed by atoms with Crippen molar-refractivity contribution in [2.24, 2.45) is 0 Å². The largest absolute Gasteiger partial charge is 0.329 e. The zero-order chi connectivity index (χ0) is 14.9. The Morgan fingerprint density at radius 2 is 2.05 bits per heavy atom. The summed E-state index contributed by atoms with van der Waals surface area (Å²) in [6, 6.07) is 1.47. The number of hydrogen-bond donors (Lipinski definition) is 1. The van der Waals surface area contributed by atoms with E-state index in [4.69, 9.17) is 11.6 Å². The van der Waals surface area contributed by atoms with Gasteiger partial charge >= 0.3 is 5.69 Å². The second-order valence-corrected chi connectivity index (χ2v) is 5.44. The quantitative estimate of drug-likeness (QED) is 0.874. The smallest absolute Gasteiger partial charge is 0.297 e. The average Bonchev–Trinajstić information content (AvgIpc) is 2.79. The second kappa shape index (κ2) is 5.66. The Morgan fingerprint density at radius 3 is 2.60 bits per heavy atom. The van der Waals surface area contributed by atoms with Gasteiger partial charge in [-0.3, -0.25) is 19.0 Å². The molecule has 0 aliphatic heterocycles. The molecule has 7 heteroatoms. The summed E-state index contributed by atoms with van der Waals surface area (Å²) in [6.45, 7) is 5.97. The summed E-state index contributed by atoms with van der Waals surface area (Å²) >= 11 is 5.96. The monoisotopic (exact) mass is 296 g/mol. The lowest BCUT2D eigenvalue weighted by atomic mass is 10.1. The highest BCUT2D eigenvalue weighted by molar-refractivity contribution is 6.30. The fourth-order valence-electron chi connectivity index (χ4n) is 2.20. The van der Waals surface area contributed by atoms with E-state index in [9.17, 15) is 9.59 Å². The van der Waals surface area contributed by atoms with Crippen LogP contribution in [0.2, 0.25) is 5.15 Å². The predicted molar refractivity (Wildman–Crippen MR) is 77.4 cm³/mol. The van der Waals surface area contributed by atoms with Crippen LogP contribution in [0.3, 0.4) is 0 Å². The summed E-state index contributed by atoms with van der Waals surface area (Å²) in [4.78, 5) is 27.0. The van der Waals surface area contributed by atoms with Crippen LogP contribution < -0.4 is 11.2 Å². The van der Waals surface area contributed by atoms with E-state index in [1.54, 1.807) is 30.1 Å². The van der Waals surface area contributed by atoms with E-state index < -0.39 is 5.69 Å². The van der Waals surface area contributed by atoms with Crippen molar-refractivity contribution in [1.29, 1.82) is 0 Å². The maximum Gasteiger partial charge on any atom is 0.329 e. The van der Waals surface area contributed by atoms with Crippen LogP contribution in [0.5, 0.6) is 0 Å². The summed E-state index contributed by atoms with van der Waals surface area (Å²) in [5.41, 5.74) is -0.406. The molecule has 0 amide bonds. The van der Waals surface area contributed by atoms with Gasteiger partial charge in [-0.15, -0.1) is 0 Å². The Hall–Kier alpha value is -1.82. The van der Waals surface area contributed by atoms with E-state index in [1.165, 1.54) is 4.57 Å². The molecule has 0 aromatic carbocycles. The van der Waals surface area contributed by atoms with Gasteiger partial charge in [0.25, 0.3) is 5.56 Å². The Kier molecular flexibility index (Phi) is 4.13. The molecule has 0 aliphatic carbocycles. The minimum absolute atomic E-state index is 0.0602. The number of nitrogens with one attached hydrogen (secondary N) is 1. The third-order valence-electron chi connectivity index (χ3n) is 3.15. The van der Waals surface area contributed by atoms with Crippen molar-refractivity contribution in [2.75, 3.05) is 0 Å². The maximum absolute atomic E-state index is 12.5. The first-order valence-corrected chi connectivity index (χ1v) is 6.81. The molecular weight excluding hydrogens is 280 g/mol. The Balaban J connectivity index is 2.48. The fourth-order valence-corrected chi connectivity index (χ4v) is 2.58. The molecule has 6 nitrogen and oxygen atoms in total. The number of rotatable bonds is 4. The molecule has 1 atom stereocenters. The van der Waals surface area contributed by atoms with E-state index in [1.807, 2.05) is 13.8 Å². The zero-order valence-electron chi connectivity index (χ0n) is 11.6. The first-order valence-electron chi connectivity index (χ1n) is 6.43. The molecule has 0 spiro atoms. The van der Waals surface area contributed by atoms with Gasteiger partial charge in [-0.25, -0.2) is 4.79 Å². The fraction of sp³-hybridized carbons (Fsp3) is 0.462. The summed E-state index contributed by atoms with van der Waals surface area (Å²) < 4.78 is 2.88. The SMILES string of the molecule is CC(C)c1c(Cl)[nH]c(=O)n(C(C)Cn2cccn2)c1=O. The van der Waals surface area contributed by atoms with Crippen LogP contribution >= 0.6 is 11.6 Å². The van der Waals surface area contributed by atoms with Crippen LogP contribution in [0.15, 0.2) is 28.0 Å². The Bertz CT molecular complexity index is 700. The number of aromatic amines is 1. The first-order chi connectivity index (χ1) is 9.41. The molecule has 0 aliphatic rings. The van der Waals surface area contributed by atoms with Crippen LogP contribution in [0.4, 0.5) is 0 Å². The minimum Gasteiger partial charge on any atom is -0.297 e. The number of nitrogens with zero attached hydrogens (tertiary/aromatic N) is 3. The molecule has 2 rings (SSSR count). The third kappa shape index (κ3) is 2.70. The third-order valence-corrected chi connectivity index (χ3v) is 3.45. The number of hydrogen-bond acceptors (Lipinski definition) is 3. The lowest BCUT2D eigenvalue weighted by molar-refractivity contribution is 0.410. The molecule has 0 radical (unpaired) electrons. The molecular formula is C13H17ClN4O2. The van der Waals surface area contributed by atoms with Crippen molar-refractivity contribution < 1.29 is 0 Å². The van der Waals surface area contributed by atoms with E-state index in [0.717, 1.165) is 0 Å². The van der Waals surface area contributed by atoms with E-state index in [0.29, 0.717) is 12.1 Å². The molecule has 1 unspecified atom stereocenters. The van der Waals surface area contributed by atoms with Crippen molar-refractivity contribution in [1.82, 2.24) is 19.3 Å². The Labute approximate surface area is 121 Å². The number of H-pyrrole nitrogens is 1. The number of halogens is 1. The topological polar surface area (TPSA) is 72.7 Å². The zero-order valence-corrected chi connectivity index (χ0v) is 12.4. The Morgan fingerprint density at radius 1 is 1.35 bits per heavy atom. The molecule has 20 heavy (non-hydrogen) atoms. The van der Waals surface area contributed by atoms with E-state index in [2.05, 4.69) is 10.1 Å². The average molecular weight is 297 g/mol. The van der Waals surface area contributed by atoms with Gasteiger partial charge in [-0.2, -0.15) is 5.10 Å². The summed E-state index contributed by atoms with van der Waals surface area (Å²) in [5.74, 6) is -0.0602. The van der Waals surface area contributed by atoms with Crippen LogP contribution in [-0.4, -0.2) is 19.3 Å². The van der Waals surface area contributed by atoms with Gasteiger partial charge in [0.2, 0.25) is 0 Å². The van der Waals surface area contributed by atoms with Gasteiger partial charge in [0.1, 0.15) is 5.15 Å². The van der Waals surface area contributed by atoms with Crippen molar-refractivity contribution >= 4 is 11.6 Å². The molecule has 1 N–H and O–H groups in total. The molecule has 2 aromatic heterocycles. The van der Waals surface area contributed by atoms with Gasteiger partial charge in [0, 0.05) is 12.4 Å². The van der Waals surface area contributed by atoms with Crippen molar-refractivity contribution in [3.63, 3.8) is 0 Å². The first kappa shape index (κ1) is 14.6. The maximum atomic E-state index is 12.5. The van der Waals surface area contributed by atoms with Crippen LogP contribution in [0.25, 0.3) is 0 Å².